The number of Topliss-reactive ketones (excluding diaryl/α,β-unsaturated/α-hetero) is 1. The van der Waals surface area contributed by atoms with Gasteiger partial charge in [-0.3, -0.25) is 9.59 Å². The van der Waals surface area contributed by atoms with E-state index < -0.39 is 11.7 Å². The Balaban J connectivity index is 1.37. The Morgan fingerprint density at radius 1 is 0.917 bits per heavy atom. The maximum atomic E-state index is 12.9. The van der Waals surface area contributed by atoms with E-state index in [1.54, 1.807) is 18.2 Å². The summed E-state index contributed by atoms with van der Waals surface area (Å²) in [5.74, 6) is -0.309. The van der Waals surface area contributed by atoms with Crippen molar-refractivity contribution in [2.45, 2.75) is 39.3 Å². The van der Waals surface area contributed by atoms with Crippen LogP contribution < -0.4 is 10.6 Å². The molecule has 0 aliphatic rings. The molecule has 0 spiro atoms. The molecule has 3 aromatic carbocycles. The van der Waals surface area contributed by atoms with Gasteiger partial charge in [-0.2, -0.15) is 0 Å². The first-order valence-electron chi connectivity index (χ1n) is 11.5. The highest BCUT2D eigenvalue weighted by Gasteiger charge is 2.17. The molecule has 1 aromatic heterocycles. The number of hydrogen-bond donors (Lipinski definition) is 2. The number of nitrogens with one attached hydrogen (secondary N) is 2. The smallest absolute Gasteiger partial charge is 0.407 e. The fourth-order valence-corrected chi connectivity index (χ4v) is 4.38. The Morgan fingerprint density at radius 2 is 1.61 bits per heavy atom. The minimum atomic E-state index is -0.551. The second kappa shape index (κ2) is 10.7. The van der Waals surface area contributed by atoms with Crippen LogP contribution >= 0.6 is 11.3 Å². The van der Waals surface area contributed by atoms with Crippen LogP contribution in [0.25, 0.3) is 10.2 Å². The maximum Gasteiger partial charge on any atom is 0.407 e. The topological polar surface area (TPSA) is 97.4 Å². The summed E-state index contributed by atoms with van der Waals surface area (Å²) in [6.07, 6.45) is -0.265. The van der Waals surface area contributed by atoms with E-state index in [2.05, 4.69) is 15.6 Å². The molecule has 36 heavy (non-hydrogen) atoms. The zero-order valence-electron chi connectivity index (χ0n) is 20.3. The van der Waals surface area contributed by atoms with Crippen molar-refractivity contribution in [3.63, 3.8) is 0 Å². The summed E-state index contributed by atoms with van der Waals surface area (Å²) >= 11 is 1.28. The SMILES string of the molecule is CC(C)(C)OC(=O)NCc1ccc(CC(=O)c2nc3ccc(C(=O)Nc4ccccc4)cc3s2)cc1. The van der Waals surface area contributed by atoms with Crippen LogP contribution in [0.5, 0.6) is 0 Å². The van der Waals surface area contributed by atoms with Crippen LogP contribution in [0.4, 0.5) is 10.5 Å². The predicted molar refractivity (Wildman–Crippen MR) is 142 cm³/mol. The molecule has 0 fully saturated rings. The van der Waals surface area contributed by atoms with E-state index in [0.717, 1.165) is 21.5 Å². The fourth-order valence-electron chi connectivity index (χ4n) is 3.43. The predicted octanol–water partition coefficient (Wildman–Crippen LogP) is 6.00. The second-order valence-electron chi connectivity index (χ2n) is 9.29. The van der Waals surface area contributed by atoms with Crippen LogP contribution in [0.15, 0.2) is 72.8 Å². The highest BCUT2D eigenvalue weighted by molar-refractivity contribution is 7.20. The average molecular weight is 502 g/mol. The molecule has 2 N–H and O–H groups in total. The molecule has 2 amide bonds. The number of ketones is 1. The number of fused-ring (bicyclic) bond motifs is 1. The quantitative estimate of drug-likeness (QED) is 0.303. The van der Waals surface area contributed by atoms with E-state index in [-0.39, 0.29) is 18.1 Å². The zero-order chi connectivity index (χ0) is 25.7. The largest absolute Gasteiger partial charge is 0.444 e. The third kappa shape index (κ3) is 6.76. The molecule has 0 saturated carbocycles. The number of ether oxygens (including phenoxy) is 1. The second-order valence-corrected chi connectivity index (χ2v) is 10.3. The molecule has 0 aliphatic heterocycles. The maximum absolute atomic E-state index is 12.9. The van der Waals surface area contributed by atoms with Crippen LogP contribution in [0.3, 0.4) is 0 Å². The number of benzene rings is 3. The van der Waals surface area contributed by atoms with Crippen molar-refractivity contribution in [2.75, 3.05) is 5.32 Å². The van der Waals surface area contributed by atoms with E-state index >= 15 is 0 Å². The third-order valence-electron chi connectivity index (χ3n) is 5.14. The normalized spacial score (nSPS) is 11.2. The molecule has 0 atom stereocenters. The number of rotatable bonds is 7. The number of para-hydroxylation sites is 1. The first-order valence-corrected chi connectivity index (χ1v) is 12.3. The summed E-state index contributed by atoms with van der Waals surface area (Å²) in [5, 5.41) is 5.98. The van der Waals surface area contributed by atoms with E-state index in [0.29, 0.717) is 22.6 Å². The number of alkyl carbamates (subject to hydrolysis) is 1. The minimum absolute atomic E-state index is 0.0916. The Labute approximate surface area is 213 Å². The number of carbonyl (C=O) groups is 3. The van der Waals surface area contributed by atoms with E-state index in [9.17, 15) is 14.4 Å². The van der Waals surface area contributed by atoms with Crippen molar-refractivity contribution in [1.29, 1.82) is 0 Å². The van der Waals surface area contributed by atoms with Gasteiger partial charge in [0.2, 0.25) is 0 Å². The van der Waals surface area contributed by atoms with Gasteiger partial charge in [0.15, 0.2) is 10.8 Å². The van der Waals surface area contributed by atoms with Gasteiger partial charge in [-0.15, -0.1) is 11.3 Å². The molecule has 7 nitrogen and oxygen atoms in total. The molecule has 0 unspecified atom stereocenters. The van der Waals surface area contributed by atoms with Gasteiger partial charge < -0.3 is 15.4 Å². The van der Waals surface area contributed by atoms with Crippen molar-refractivity contribution in [3.05, 3.63) is 94.5 Å². The Morgan fingerprint density at radius 3 is 2.31 bits per heavy atom. The summed E-state index contributed by atoms with van der Waals surface area (Å²) in [6.45, 7) is 5.77. The molecule has 4 aromatic rings. The molecule has 184 valence electrons. The van der Waals surface area contributed by atoms with Gasteiger partial charge in [-0.25, -0.2) is 9.78 Å². The average Bonchev–Trinajstić information content (AvgIpc) is 3.27. The summed E-state index contributed by atoms with van der Waals surface area (Å²) in [6, 6.07) is 21.9. The van der Waals surface area contributed by atoms with E-state index in [4.69, 9.17) is 4.74 Å². The third-order valence-corrected chi connectivity index (χ3v) is 6.20. The van der Waals surface area contributed by atoms with E-state index in [1.807, 2.05) is 75.4 Å². The van der Waals surface area contributed by atoms with Crippen LogP contribution in [0.2, 0.25) is 0 Å². The summed E-state index contributed by atoms with van der Waals surface area (Å²) in [4.78, 5) is 41.7. The number of thiazole rings is 1. The van der Waals surface area contributed by atoms with Gasteiger partial charge >= 0.3 is 6.09 Å². The molecular weight excluding hydrogens is 474 g/mol. The van der Waals surface area contributed by atoms with Gasteiger partial charge in [0.05, 0.1) is 10.2 Å². The molecule has 0 bridgehead atoms. The standard InChI is InChI=1S/C28H27N3O4S/c1-28(2,3)35-27(34)29-17-19-11-9-18(10-12-19)15-23(32)26-31-22-14-13-20(16-24(22)36-26)25(33)30-21-7-5-4-6-8-21/h4-14,16H,15,17H2,1-3H3,(H,29,34)(H,30,33). The van der Waals surface area contributed by atoms with Crippen molar-refractivity contribution >= 4 is 45.0 Å². The lowest BCUT2D eigenvalue weighted by Gasteiger charge is -2.19. The van der Waals surface area contributed by atoms with Crippen molar-refractivity contribution in [1.82, 2.24) is 10.3 Å². The van der Waals surface area contributed by atoms with Crippen LogP contribution in [-0.2, 0) is 17.7 Å². The molecule has 1 heterocycles. The summed E-state index contributed by atoms with van der Waals surface area (Å²) in [7, 11) is 0. The lowest BCUT2D eigenvalue weighted by molar-refractivity contribution is 0.0523. The van der Waals surface area contributed by atoms with Crippen LogP contribution in [0, 0.1) is 0 Å². The number of amides is 2. The molecule has 0 aliphatic carbocycles. The summed E-state index contributed by atoms with van der Waals surface area (Å²) < 4.78 is 6.01. The first-order chi connectivity index (χ1) is 17.2. The Kier molecular flexibility index (Phi) is 7.45. The monoisotopic (exact) mass is 501 g/mol. The number of anilines is 1. The minimum Gasteiger partial charge on any atom is -0.444 e. The summed E-state index contributed by atoms with van der Waals surface area (Å²) in [5.41, 5.74) is 3.11. The van der Waals surface area contributed by atoms with Crippen molar-refractivity contribution in [3.8, 4) is 0 Å². The van der Waals surface area contributed by atoms with Crippen LogP contribution in [0.1, 0.15) is 52.1 Å². The van der Waals surface area contributed by atoms with Crippen molar-refractivity contribution in [2.24, 2.45) is 0 Å². The first kappa shape index (κ1) is 25.1. The number of nitrogens with zero attached hydrogens (tertiary/aromatic N) is 1. The molecule has 0 radical (unpaired) electrons. The number of aromatic nitrogens is 1. The highest BCUT2D eigenvalue weighted by atomic mass is 32.1. The van der Waals surface area contributed by atoms with Gasteiger partial charge in [0.1, 0.15) is 5.60 Å². The zero-order valence-corrected chi connectivity index (χ0v) is 21.1. The number of carbonyl (C=O) groups excluding carboxylic acids is 3. The van der Waals surface area contributed by atoms with Gasteiger partial charge in [0.25, 0.3) is 5.91 Å². The fraction of sp³-hybridized carbons (Fsp3) is 0.214. The highest BCUT2D eigenvalue weighted by Crippen LogP contribution is 2.25. The van der Waals surface area contributed by atoms with Gasteiger partial charge in [0, 0.05) is 24.2 Å². The van der Waals surface area contributed by atoms with Crippen molar-refractivity contribution < 1.29 is 19.1 Å². The molecule has 0 saturated heterocycles. The lowest BCUT2D eigenvalue weighted by atomic mass is 10.1. The van der Waals surface area contributed by atoms with Gasteiger partial charge in [-0.1, -0.05) is 42.5 Å². The Hall–Kier alpha value is -4.04. The Bertz CT molecular complexity index is 1390. The lowest BCUT2D eigenvalue weighted by Crippen LogP contribution is -2.32. The molecular formula is C28H27N3O4S. The van der Waals surface area contributed by atoms with E-state index in [1.165, 1.54) is 11.3 Å². The number of hydrogen-bond acceptors (Lipinski definition) is 6. The van der Waals surface area contributed by atoms with Gasteiger partial charge in [-0.05, 0) is 62.2 Å². The molecule has 8 heteroatoms. The van der Waals surface area contributed by atoms with Crippen LogP contribution in [-0.4, -0.2) is 28.4 Å². The molecule has 4 rings (SSSR count).